The molecule has 0 aliphatic carbocycles. The molecule has 1 fully saturated rings. The number of thiophene rings is 1. The van der Waals surface area contributed by atoms with Crippen LogP contribution < -0.4 is 10.1 Å². The summed E-state index contributed by atoms with van der Waals surface area (Å²) in [6.45, 7) is 0.180. The number of rotatable bonds is 8. The summed E-state index contributed by atoms with van der Waals surface area (Å²) in [7, 11) is -3.68. The molecule has 196 valence electrons. The summed E-state index contributed by atoms with van der Waals surface area (Å²) in [5.41, 5.74) is -0.197. The molecule has 2 aromatic heterocycles. The number of nitrogens with zero attached hydrogens (tertiary/aromatic N) is 1. The van der Waals surface area contributed by atoms with Crippen LogP contribution in [0.1, 0.15) is 29.1 Å². The zero-order chi connectivity index (χ0) is 26.1. The molecule has 1 amide bonds. The van der Waals surface area contributed by atoms with Crippen molar-refractivity contribution < 1.29 is 31.1 Å². The van der Waals surface area contributed by atoms with Crippen LogP contribution >= 0.6 is 50.8 Å². The zero-order valence-electron chi connectivity index (χ0n) is 18.6. The van der Waals surface area contributed by atoms with Gasteiger partial charge in [0.25, 0.3) is 0 Å². The third-order valence-electron chi connectivity index (χ3n) is 5.45. The van der Waals surface area contributed by atoms with Crippen molar-refractivity contribution in [1.29, 1.82) is 0 Å². The van der Waals surface area contributed by atoms with Crippen LogP contribution in [0.4, 0.5) is 13.2 Å². The van der Waals surface area contributed by atoms with E-state index in [0.29, 0.717) is 32.3 Å². The molecule has 0 saturated carbocycles. The molecule has 36 heavy (non-hydrogen) atoms. The van der Waals surface area contributed by atoms with Crippen LogP contribution in [0.2, 0.25) is 4.34 Å². The summed E-state index contributed by atoms with van der Waals surface area (Å²) in [6.07, 6.45) is -3.29. The van der Waals surface area contributed by atoms with Crippen molar-refractivity contribution in [2.75, 3.05) is 4.43 Å². The van der Waals surface area contributed by atoms with Gasteiger partial charge in [0.1, 0.15) is 0 Å². The summed E-state index contributed by atoms with van der Waals surface area (Å²) in [5, 5.41) is 5.14. The van der Waals surface area contributed by atoms with Gasteiger partial charge < -0.3 is 0 Å². The molecule has 1 unspecified atom stereocenters. The molecule has 0 radical (unpaired) electrons. The molecule has 3 aromatic rings. The van der Waals surface area contributed by atoms with Crippen LogP contribution in [-0.2, 0) is 31.1 Å². The average Bonchev–Trinajstić information content (AvgIpc) is 3.56. The fourth-order valence-corrected chi connectivity index (χ4v) is 24.6. The van der Waals surface area contributed by atoms with E-state index in [1.54, 1.807) is 5.38 Å². The summed E-state index contributed by atoms with van der Waals surface area (Å²) in [4.78, 5) is 17.4. The van der Waals surface area contributed by atoms with Crippen molar-refractivity contribution in [1.82, 2.24) is 10.3 Å². The average molecular weight is 693 g/mol. The monoisotopic (exact) mass is 692 g/mol. The Labute approximate surface area is 221 Å². The molecule has 1 saturated heterocycles. The normalized spacial score (nSPS) is 22.2. The van der Waals surface area contributed by atoms with Crippen LogP contribution in [0.5, 0.6) is 5.75 Å². The minimum atomic E-state index is -4.41. The first-order chi connectivity index (χ1) is 16.9. The number of carbonyl (C=O) groups is 1. The zero-order valence-corrected chi connectivity index (χ0v) is 23.9. The van der Waals surface area contributed by atoms with Crippen molar-refractivity contribution in [2.45, 2.75) is 40.3 Å². The van der Waals surface area contributed by atoms with Gasteiger partial charge in [0, 0.05) is 0 Å². The van der Waals surface area contributed by atoms with Crippen LogP contribution in [0, 0.1) is 0 Å². The van der Waals surface area contributed by atoms with E-state index in [-0.39, 0.29) is 29.0 Å². The first-order valence-electron chi connectivity index (χ1n) is 10.5. The van der Waals surface area contributed by atoms with E-state index in [1.807, 2.05) is 0 Å². The number of aromatic nitrogens is 1. The number of hydrogen-bond donors (Lipinski definition) is 1. The quantitative estimate of drug-likeness (QED) is 0.175. The number of alkyl halides is 5. The van der Waals surface area contributed by atoms with Crippen molar-refractivity contribution in [3.63, 3.8) is 0 Å². The van der Waals surface area contributed by atoms with Gasteiger partial charge in [-0.05, 0) is 0 Å². The summed E-state index contributed by atoms with van der Waals surface area (Å²) in [6, 6.07) is 7.39. The summed E-state index contributed by atoms with van der Waals surface area (Å²) in [5.74, 6) is -0.0542. The van der Waals surface area contributed by atoms with Gasteiger partial charge in [0.15, 0.2) is 0 Å². The number of thiazole rings is 1. The molecular weight excluding hydrogens is 672 g/mol. The number of amides is 1. The van der Waals surface area contributed by atoms with E-state index >= 15 is 0 Å². The van der Waals surface area contributed by atoms with Crippen molar-refractivity contribution in [2.24, 2.45) is 0 Å². The van der Waals surface area contributed by atoms with Crippen LogP contribution in [0.15, 0.2) is 46.0 Å². The summed E-state index contributed by atoms with van der Waals surface area (Å²) < 4.78 is 74.7. The van der Waals surface area contributed by atoms with Gasteiger partial charge in [-0.3, -0.25) is 0 Å². The van der Waals surface area contributed by atoms with Crippen LogP contribution in [0.3, 0.4) is 0 Å². The van der Waals surface area contributed by atoms with Gasteiger partial charge in [-0.1, -0.05) is 0 Å². The van der Waals surface area contributed by atoms with E-state index in [0.717, 1.165) is 23.5 Å². The number of ether oxygens (including phenoxy) is 1. The van der Waals surface area contributed by atoms with E-state index in [9.17, 15) is 26.4 Å². The standard InChI is InChI=1S/C22H21ClF3IN2O4S3/c1-27(36(31,32)20-9-8-18(23)35-20)10-2-3-17(27)21(30)28-11-19-29-15(13-34-19)12-33-16-6-4-14(5-7-16)22(24,25)26/h4-9,13,17H,1-3,10-12H2,(H,28,30)/t17-/m0/s1. The van der Waals surface area contributed by atoms with E-state index < -0.39 is 39.2 Å². The number of carbonyl (C=O) groups excluding carboxylic acids is 1. The summed E-state index contributed by atoms with van der Waals surface area (Å²) >= 11 is 4.41. The van der Waals surface area contributed by atoms with E-state index in [1.165, 1.54) is 35.6 Å². The molecule has 1 aromatic carbocycles. The molecule has 14 heteroatoms. The third kappa shape index (κ3) is 5.79. The number of halogens is 5. The minimum absolute atomic E-state index is 0.0526. The Bertz CT molecular complexity index is 1400. The Morgan fingerprint density at radius 1 is 1.25 bits per heavy atom. The molecule has 0 spiro atoms. The van der Waals surface area contributed by atoms with Crippen molar-refractivity contribution in [3.8, 4) is 5.75 Å². The number of nitrogens with one attached hydrogen (secondary N) is 1. The van der Waals surface area contributed by atoms with Gasteiger partial charge in [0.05, 0.1) is 5.56 Å². The molecule has 6 nitrogen and oxygen atoms in total. The molecular formula is C22H21ClF3IN2O4S3. The van der Waals surface area contributed by atoms with Gasteiger partial charge in [-0.2, -0.15) is 13.2 Å². The second-order valence-corrected chi connectivity index (χ2v) is 26.9. The molecule has 1 aliphatic rings. The third-order valence-corrected chi connectivity index (χ3v) is 28.0. The van der Waals surface area contributed by atoms with E-state index in [2.05, 4.69) is 14.8 Å². The molecule has 1 N–H and O–H groups in total. The van der Waals surface area contributed by atoms with Crippen LogP contribution in [0.25, 0.3) is 0 Å². The van der Waals surface area contributed by atoms with Crippen LogP contribution in [-0.4, -0.2) is 32.2 Å². The van der Waals surface area contributed by atoms with Gasteiger partial charge >= 0.3 is 204 Å². The number of benzene rings is 1. The predicted octanol–water partition coefficient (Wildman–Crippen LogP) is 6.10. The molecule has 2 atom stereocenters. The fourth-order valence-electron chi connectivity index (χ4n) is 3.62. The fraction of sp³-hybridized carbons (Fsp3) is 0.318. The molecule has 1 aliphatic heterocycles. The van der Waals surface area contributed by atoms with Gasteiger partial charge in [-0.15, -0.1) is 0 Å². The van der Waals surface area contributed by atoms with E-state index in [4.69, 9.17) is 16.3 Å². The predicted molar refractivity (Wildman–Crippen MR) is 145 cm³/mol. The molecule has 0 bridgehead atoms. The second kappa shape index (κ2) is 10.7. The Hall–Kier alpha value is -1.55. The van der Waals surface area contributed by atoms with Gasteiger partial charge in [0.2, 0.25) is 0 Å². The SMILES string of the molecule is C=I1(S(=O)(=O)c2ccc(Cl)s2)CCC[C@H]1C(=O)NCc1nc(COc2ccc(C(F)(F)F)cc2)cs1. The van der Waals surface area contributed by atoms with Crippen molar-refractivity contribution >= 4 is 68.3 Å². The maximum atomic E-state index is 13.3. The van der Waals surface area contributed by atoms with Crippen molar-refractivity contribution in [3.05, 3.63) is 62.4 Å². The Kier molecular flexibility index (Phi) is 8.15. The second-order valence-electron chi connectivity index (χ2n) is 7.86. The first-order valence-corrected chi connectivity index (χ1v) is 20.9. The molecule has 4 rings (SSSR count). The topological polar surface area (TPSA) is 85.4 Å². The maximum absolute atomic E-state index is 13.3. The molecule has 3 heterocycles. The Balaban J connectivity index is 1.34. The Morgan fingerprint density at radius 3 is 2.61 bits per heavy atom. The van der Waals surface area contributed by atoms with Gasteiger partial charge in [-0.25, -0.2) is 0 Å². The first kappa shape index (κ1) is 27.5. The number of hydrogen-bond acceptors (Lipinski definition) is 7. The Morgan fingerprint density at radius 2 is 1.97 bits per heavy atom.